The van der Waals surface area contributed by atoms with E-state index in [2.05, 4.69) is 17.5 Å². The predicted molar refractivity (Wildman–Crippen MR) is 180 cm³/mol. The van der Waals surface area contributed by atoms with Crippen LogP contribution in [0.5, 0.6) is 17.2 Å². The number of phenolic OH excluding ortho intramolecular Hbond substituents is 2. The lowest BCUT2D eigenvalue weighted by molar-refractivity contribution is -0.249. The number of phenols is 2. The molecule has 2 aromatic carbocycles. The van der Waals surface area contributed by atoms with E-state index in [0.29, 0.717) is 17.8 Å². The molecule has 278 valence electrons. The van der Waals surface area contributed by atoms with Gasteiger partial charge in [-0.25, -0.2) is 4.79 Å². The van der Waals surface area contributed by atoms with Crippen molar-refractivity contribution >= 4 is 23.4 Å². The number of aliphatic hydroxyl groups excluding tert-OH is 2. The van der Waals surface area contributed by atoms with E-state index in [9.17, 15) is 44.7 Å². The average Bonchev–Trinajstić information content (AvgIpc) is 3.77. The second-order valence-electron chi connectivity index (χ2n) is 14.5. The molecule has 5 aliphatic rings. The number of nitrogens with one attached hydrogen (secondary N) is 1. The molecule has 4 aliphatic carbocycles. The summed E-state index contributed by atoms with van der Waals surface area (Å²) in [6.45, 7) is 0.762. The summed E-state index contributed by atoms with van der Waals surface area (Å²) in [5.41, 5.74) is -3.90. The molecule has 0 bridgehead atoms. The number of hydrogen-bond acceptors (Lipinski definition) is 13. The van der Waals surface area contributed by atoms with Crippen molar-refractivity contribution in [3.05, 3.63) is 63.7 Å². The zero-order chi connectivity index (χ0) is 37.1. The van der Waals surface area contributed by atoms with Crippen molar-refractivity contribution in [3.63, 3.8) is 0 Å². The lowest BCUT2D eigenvalue weighted by Gasteiger charge is -2.42. The Morgan fingerprint density at radius 2 is 1.71 bits per heavy atom. The summed E-state index contributed by atoms with van der Waals surface area (Å²) >= 11 is 0. The largest absolute Gasteiger partial charge is 0.507 e. The second-order valence-corrected chi connectivity index (χ2v) is 14.5. The molecule has 14 nitrogen and oxygen atoms in total. The number of fused-ring (bicyclic) bond motifs is 4. The van der Waals surface area contributed by atoms with Crippen LogP contribution in [0.1, 0.15) is 94.5 Å². The Hall–Kier alpha value is -4.34. The van der Waals surface area contributed by atoms with Gasteiger partial charge < -0.3 is 49.8 Å². The summed E-state index contributed by atoms with van der Waals surface area (Å²) in [4.78, 5) is 53.5. The van der Waals surface area contributed by atoms with Gasteiger partial charge in [-0.05, 0) is 56.4 Å². The molecule has 2 fully saturated rings. The Morgan fingerprint density at radius 1 is 1.02 bits per heavy atom. The molecule has 1 saturated carbocycles. The Balaban J connectivity index is 1.15. The number of allylic oxidation sites excluding steroid dienone is 2. The molecule has 0 aromatic heterocycles. The fourth-order valence-corrected chi connectivity index (χ4v) is 8.66. The van der Waals surface area contributed by atoms with Crippen molar-refractivity contribution in [1.82, 2.24) is 5.32 Å². The van der Waals surface area contributed by atoms with Crippen molar-refractivity contribution in [2.24, 2.45) is 17.8 Å². The number of ether oxygens (including phenoxy) is 4. The van der Waals surface area contributed by atoms with Gasteiger partial charge in [0.15, 0.2) is 17.9 Å². The van der Waals surface area contributed by atoms with E-state index >= 15 is 0 Å². The third-order valence-electron chi connectivity index (χ3n) is 11.5. The number of aromatic hydroxyl groups is 2. The highest BCUT2D eigenvalue weighted by Gasteiger charge is 2.51. The van der Waals surface area contributed by atoms with Crippen LogP contribution in [0, 0.1) is 17.8 Å². The Morgan fingerprint density at radius 3 is 2.38 bits per heavy atom. The maximum atomic E-state index is 13.9. The first-order valence-corrected chi connectivity index (χ1v) is 17.7. The molecule has 1 saturated heterocycles. The smallest absolute Gasteiger partial charge is 0.407 e. The number of rotatable bonds is 8. The first kappa shape index (κ1) is 36.0. The number of carbonyl (C=O) groups is 4. The number of methoxy groups -OCH3 is 1. The minimum Gasteiger partial charge on any atom is -0.507 e. The topological polar surface area (TPSA) is 218 Å². The quantitative estimate of drug-likeness (QED) is 0.146. The fourth-order valence-electron chi connectivity index (χ4n) is 8.66. The molecule has 14 heteroatoms. The van der Waals surface area contributed by atoms with Crippen LogP contribution in [-0.2, 0) is 25.4 Å². The van der Waals surface area contributed by atoms with Gasteiger partial charge in [0, 0.05) is 36.0 Å². The monoisotopic (exact) mass is 721 g/mol. The van der Waals surface area contributed by atoms with Gasteiger partial charge in [-0.1, -0.05) is 24.3 Å². The minimum atomic E-state index is -2.32. The number of amides is 1. The van der Waals surface area contributed by atoms with E-state index in [1.54, 1.807) is 6.92 Å². The first-order chi connectivity index (χ1) is 24.9. The molecule has 6 N–H and O–H groups in total. The van der Waals surface area contributed by atoms with Crippen LogP contribution in [0.3, 0.4) is 0 Å². The van der Waals surface area contributed by atoms with Crippen molar-refractivity contribution in [2.45, 2.75) is 88.1 Å². The van der Waals surface area contributed by atoms with Crippen LogP contribution in [0.4, 0.5) is 4.79 Å². The zero-order valence-corrected chi connectivity index (χ0v) is 28.9. The highest BCUT2D eigenvalue weighted by atomic mass is 16.7. The summed E-state index contributed by atoms with van der Waals surface area (Å²) < 4.78 is 23.1. The summed E-state index contributed by atoms with van der Waals surface area (Å²) in [5, 5.41) is 58.2. The van der Waals surface area contributed by atoms with E-state index in [1.165, 1.54) is 25.3 Å². The molecule has 0 unspecified atom stereocenters. The number of aliphatic hydroxyl groups is 3. The number of Topliss-reactive ketones (excluding diaryl/α,β-unsaturated/α-hetero) is 1. The molecule has 0 spiro atoms. The number of benzene rings is 2. The van der Waals surface area contributed by atoms with Gasteiger partial charge in [-0.15, -0.1) is 0 Å². The highest BCUT2D eigenvalue weighted by Crippen LogP contribution is 2.54. The van der Waals surface area contributed by atoms with Crippen LogP contribution >= 0.6 is 0 Å². The van der Waals surface area contributed by atoms with Gasteiger partial charge in [0.2, 0.25) is 5.78 Å². The maximum Gasteiger partial charge on any atom is 0.407 e. The summed E-state index contributed by atoms with van der Waals surface area (Å²) in [7, 11) is 1.32. The molecule has 9 atom stereocenters. The van der Waals surface area contributed by atoms with Crippen molar-refractivity contribution in [3.8, 4) is 17.2 Å². The molecule has 1 heterocycles. The number of ketones is 3. The molecule has 0 radical (unpaired) electrons. The Bertz CT molecular complexity index is 1820. The van der Waals surface area contributed by atoms with Gasteiger partial charge in [-0.3, -0.25) is 14.4 Å². The van der Waals surface area contributed by atoms with E-state index in [-0.39, 0.29) is 41.0 Å². The van der Waals surface area contributed by atoms with E-state index in [4.69, 9.17) is 18.9 Å². The van der Waals surface area contributed by atoms with Crippen LogP contribution in [0.15, 0.2) is 30.4 Å². The molecule has 1 amide bonds. The average molecular weight is 722 g/mol. The van der Waals surface area contributed by atoms with E-state index in [0.717, 1.165) is 25.7 Å². The standard InChI is InChI=1S/C38H43NO13/c1-17-32(42)23(39-37(47)50-16-22-18-8-5-3-4-6-9-19(18)22)12-27(51-17)52-25-14-38(48,26(41)15-40)13-21-29(25)36(46)31-30(34(21)44)33(43)20-10-7-11-24(49-2)28(20)35(31)45/h3-4,7,10-11,17-19,22-23,25,27,32,40,42,44,46,48H,5-6,8-9,12-16H2,1-2H3,(H,39,47)/b4-3-/t17-,18-,19+,22-,23-,25-,27-,32+,38-/m0/s1. The third kappa shape index (κ3) is 6.15. The van der Waals surface area contributed by atoms with Gasteiger partial charge >= 0.3 is 6.09 Å². The summed E-state index contributed by atoms with van der Waals surface area (Å²) in [6.07, 6.45) is 1.80. The predicted octanol–water partition coefficient (Wildman–Crippen LogP) is 2.76. The van der Waals surface area contributed by atoms with E-state index in [1.807, 2.05) is 0 Å². The molecule has 1 aliphatic heterocycles. The lowest BCUT2D eigenvalue weighted by atomic mass is 9.72. The van der Waals surface area contributed by atoms with Crippen LogP contribution in [-0.4, -0.2) is 99.4 Å². The SMILES string of the molecule is COc1cccc2c1C(=O)c1c(O)c3c(c(O)c1C2=O)C[C@@](O)(C(=O)CO)C[C@@H]3O[C@H]1C[C@H](NC(=O)OC[C@@H]2[C@@H]3CC/C=C\CC[C@@H]32)[C@H](O)[C@H](C)O1. The lowest BCUT2D eigenvalue weighted by Crippen LogP contribution is -2.56. The molecule has 52 heavy (non-hydrogen) atoms. The van der Waals surface area contributed by atoms with Crippen LogP contribution < -0.4 is 10.1 Å². The highest BCUT2D eigenvalue weighted by molar-refractivity contribution is 6.31. The summed E-state index contributed by atoms with van der Waals surface area (Å²) in [5.74, 6) is -2.63. The maximum absolute atomic E-state index is 13.9. The molecule has 2 aromatic rings. The Kier molecular flexibility index (Phi) is 9.63. The number of hydrogen-bond donors (Lipinski definition) is 6. The zero-order valence-electron chi connectivity index (χ0n) is 28.9. The van der Waals surface area contributed by atoms with Gasteiger partial charge in [0.1, 0.15) is 35.6 Å². The normalized spacial score (nSPS) is 32.6. The van der Waals surface area contributed by atoms with Gasteiger partial charge in [-0.2, -0.15) is 0 Å². The van der Waals surface area contributed by atoms with Crippen molar-refractivity contribution < 1.29 is 63.7 Å². The van der Waals surface area contributed by atoms with Crippen molar-refractivity contribution in [2.75, 3.05) is 20.3 Å². The first-order valence-electron chi connectivity index (χ1n) is 17.7. The summed E-state index contributed by atoms with van der Waals surface area (Å²) in [6, 6.07) is 3.44. The van der Waals surface area contributed by atoms with Crippen LogP contribution in [0.25, 0.3) is 0 Å². The third-order valence-corrected chi connectivity index (χ3v) is 11.5. The van der Waals surface area contributed by atoms with Gasteiger partial charge in [0.05, 0.1) is 48.7 Å². The fraction of sp³-hybridized carbons (Fsp3) is 0.526. The minimum absolute atomic E-state index is 0.0734. The molecular weight excluding hydrogens is 678 g/mol. The van der Waals surface area contributed by atoms with Gasteiger partial charge in [0.25, 0.3) is 0 Å². The molecule has 7 rings (SSSR count). The number of alkyl carbamates (subject to hydrolysis) is 1. The van der Waals surface area contributed by atoms with Crippen LogP contribution in [0.2, 0.25) is 0 Å². The second kappa shape index (κ2) is 13.9. The van der Waals surface area contributed by atoms with E-state index < -0.39 is 102 Å². The molecular formula is C38H43NO13. The number of carbonyl (C=O) groups excluding carboxylic acids is 4. The van der Waals surface area contributed by atoms with Crippen molar-refractivity contribution in [1.29, 1.82) is 0 Å². The Labute approximate surface area is 299 Å².